The van der Waals surface area contributed by atoms with Gasteiger partial charge in [0.2, 0.25) is 23.4 Å². The number of allylic oxidation sites excluding steroid dienone is 1. The molecule has 49 heavy (non-hydrogen) atoms. The van der Waals surface area contributed by atoms with Crippen molar-refractivity contribution in [3.8, 4) is 5.88 Å². The number of benzene rings is 1. The Morgan fingerprint density at radius 3 is 2.65 bits per heavy atom. The summed E-state index contributed by atoms with van der Waals surface area (Å²) < 4.78 is 66.9. The summed E-state index contributed by atoms with van der Waals surface area (Å²) >= 11 is 0. The number of halogens is 4. The second kappa shape index (κ2) is 13.1. The van der Waals surface area contributed by atoms with E-state index in [4.69, 9.17) is 9.26 Å². The van der Waals surface area contributed by atoms with E-state index in [2.05, 4.69) is 25.8 Å². The summed E-state index contributed by atoms with van der Waals surface area (Å²) in [6.07, 6.45) is -0.278. The quantitative estimate of drug-likeness (QED) is 0.265. The summed E-state index contributed by atoms with van der Waals surface area (Å²) in [7, 11) is 0. The molecule has 2 aliphatic heterocycles. The normalized spacial score (nSPS) is 26.9. The van der Waals surface area contributed by atoms with Gasteiger partial charge in [-0.15, -0.1) is 0 Å². The molecule has 1 saturated heterocycles. The zero-order valence-electron chi connectivity index (χ0n) is 26.1. The Morgan fingerprint density at radius 2 is 1.94 bits per heavy atom. The van der Waals surface area contributed by atoms with Crippen LogP contribution in [0.25, 0.3) is 11.0 Å². The number of aromatic nitrogens is 3. The molecule has 6 rings (SSSR count). The topological polar surface area (TPSA) is 177 Å². The second-order valence-electron chi connectivity index (χ2n) is 12.5. The Balaban J connectivity index is 1.34. The molecule has 1 unspecified atom stereocenters. The molecule has 2 fully saturated rings. The van der Waals surface area contributed by atoms with Gasteiger partial charge < -0.3 is 29.9 Å². The first-order valence-corrected chi connectivity index (χ1v) is 15.7. The molecular weight excluding hydrogens is 656 g/mol. The largest absolute Gasteiger partial charge is 0.479 e. The van der Waals surface area contributed by atoms with Crippen LogP contribution in [0.15, 0.2) is 40.9 Å². The van der Waals surface area contributed by atoms with Gasteiger partial charge in [0.15, 0.2) is 5.69 Å². The van der Waals surface area contributed by atoms with Crippen LogP contribution >= 0.6 is 0 Å². The van der Waals surface area contributed by atoms with Crippen LogP contribution in [0.2, 0.25) is 0 Å². The predicted octanol–water partition coefficient (Wildman–Crippen LogP) is 3.71. The fourth-order valence-electron chi connectivity index (χ4n) is 6.29. The fraction of sp³-hybridized carbons (Fsp3) is 0.469. The molecule has 0 spiro atoms. The van der Waals surface area contributed by atoms with E-state index in [0.29, 0.717) is 31.4 Å². The van der Waals surface area contributed by atoms with Crippen molar-refractivity contribution in [3.05, 3.63) is 59.4 Å². The zero-order chi connectivity index (χ0) is 35.1. The van der Waals surface area contributed by atoms with Crippen molar-refractivity contribution >= 4 is 34.7 Å². The lowest BCUT2D eigenvalue weighted by Gasteiger charge is -2.29. The van der Waals surface area contributed by atoms with Crippen molar-refractivity contribution in [2.24, 2.45) is 5.92 Å². The highest BCUT2D eigenvalue weighted by Crippen LogP contribution is 2.45. The molecule has 17 heteroatoms. The Labute approximate surface area is 276 Å². The lowest BCUT2D eigenvalue weighted by molar-refractivity contribution is -0.145. The van der Waals surface area contributed by atoms with Gasteiger partial charge in [-0.1, -0.05) is 30.2 Å². The van der Waals surface area contributed by atoms with Crippen molar-refractivity contribution in [2.45, 2.75) is 81.8 Å². The Kier molecular flexibility index (Phi) is 9.02. The lowest BCUT2D eigenvalue weighted by Crippen LogP contribution is -2.56. The van der Waals surface area contributed by atoms with Crippen LogP contribution in [0.5, 0.6) is 5.88 Å². The van der Waals surface area contributed by atoms with E-state index >= 15 is 0 Å². The van der Waals surface area contributed by atoms with Gasteiger partial charge in [-0.25, -0.2) is 19.2 Å². The van der Waals surface area contributed by atoms with Crippen LogP contribution in [0, 0.1) is 18.7 Å². The second-order valence-corrected chi connectivity index (χ2v) is 12.5. The third kappa shape index (κ3) is 7.05. The van der Waals surface area contributed by atoms with E-state index < -0.39 is 83.4 Å². The number of amides is 3. The number of alkyl halides is 3. The van der Waals surface area contributed by atoms with E-state index in [1.165, 1.54) is 6.07 Å². The highest BCUT2D eigenvalue weighted by molar-refractivity contribution is 5.98. The molecule has 4 heterocycles. The van der Waals surface area contributed by atoms with Crippen LogP contribution in [0.3, 0.4) is 0 Å². The first-order valence-electron chi connectivity index (χ1n) is 15.7. The number of aryl methyl sites for hydroxylation is 1. The number of carbonyl (C=O) groups is 4. The van der Waals surface area contributed by atoms with Gasteiger partial charge in [-0.3, -0.25) is 14.4 Å². The number of rotatable bonds is 5. The van der Waals surface area contributed by atoms with E-state index in [1.54, 1.807) is 13.0 Å². The molecular formula is C32H32F4N6O7. The van der Waals surface area contributed by atoms with E-state index in [0.717, 1.165) is 23.1 Å². The number of hydrogen-bond acceptors (Lipinski definition) is 9. The number of aliphatic carboxylic acids is 1. The van der Waals surface area contributed by atoms with Crippen molar-refractivity contribution in [1.82, 2.24) is 30.7 Å². The van der Waals surface area contributed by atoms with E-state index in [1.807, 2.05) is 6.08 Å². The van der Waals surface area contributed by atoms with Crippen molar-refractivity contribution in [3.63, 3.8) is 0 Å². The summed E-state index contributed by atoms with van der Waals surface area (Å²) in [5.74, 6) is -5.47. The first kappa shape index (κ1) is 33.8. The molecule has 0 bridgehead atoms. The Morgan fingerprint density at radius 1 is 1.14 bits per heavy atom. The maximum Gasteiger partial charge on any atom is 0.438 e. The molecule has 3 aromatic rings. The highest BCUT2D eigenvalue weighted by atomic mass is 19.4. The minimum atomic E-state index is -5.03. The molecule has 13 nitrogen and oxygen atoms in total. The molecule has 1 saturated carbocycles. The summed E-state index contributed by atoms with van der Waals surface area (Å²) in [5.41, 5.74) is -3.65. The number of carbonyl (C=O) groups excluding carboxylic acids is 3. The molecule has 3 N–H and O–H groups in total. The van der Waals surface area contributed by atoms with Gasteiger partial charge in [-0.2, -0.15) is 13.2 Å². The summed E-state index contributed by atoms with van der Waals surface area (Å²) in [5, 5.41) is 18.9. The van der Waals surface area contributed by atoms with Crippen molar-refractivity contribution < 1.29 is 51.1 Å². The molecule has 1 aliphatic carbocycles. The van der Waals surface area contributed by atoms with Gasteiger partial charge >= 0.3 is 12.1 Å². The maximum absolute atomic E-state index is 14.2. The van der Waals surface area contributed by atoms with Crippen LogP contribution in [0.1, 0.15) is 66.9 Å². The standard InChI is InChI=1S/C32H32F4N6O7/c1-16-11-23(41-49-16)26(43)38-21-8-6-4-2-3-5-7-17-14-31(17,30(46)47)40-27(44)24-13-19(15-42(24)29(21)45)48-28-25(32(34,35)36)37-20-10-9-18(33)12-22(20)39-28/h5,7,9-12,17,19,21,24H,2-4,6,8,13-15H2,1H3,(H,38,43)(H,40,44)(H,46,47)/b7-5-/t17?,19-,21+,24+,31-/m1/s1. The molecule has 3 aliphatic rings. The number of fused-ring (bicyclic) bond motifs is 3. The highest BCUT2D eigenvalue weighted by Gasteiger charge is 2.61. The first-order chi connectivity index (χ1) is 23.2. The third-order valence-corrected chi connectivity index (χ3v) is 8.93. The smallest absolute Gasteiger partial charge is 0.438 e. The molecule has 5 atom stereocenters. The Bertz CT molecular complexity index is 1830. The van der Waals surface area contributed by atoms with Crippen molar-refractivity contribution in [1.29, 1.82) is 0 Å². The SMILES string of the molecule is Cc1cc(C(=O)N[C@H]2CCCCC/C=C\C3C[C@@]3(C(=O)O)NC(=O)[C@@H]3C[C@@H](Oc4nc5cc(F)ccc5nc4C(F)(F)F)CN3C2=O)no1. The molecule has 1 aromatic carbocycles. The number of carboxylic acid groups (broad SMARTS) is 1. The fourth-order valence-corrected chi connectivity index (χ4v) is 6.29. The van der Waals surface area contributed by atoms with Crippen LogP contribution in [-0.2, 0) is 20.6 Å². The lowest BCUT2D eigenvalue weighted by atomic mass is 10.0. The third-order valence-electron chi connectivity index (χ3n) is 8.93. The number of nitrogens with one attached hydrogen (secondary N) is 2. The van der Waals surface area contributed by atoms with Gasteiger partial charge in [0.1, 0.15) is 35.3 Å². The maximum atomic E-state index is 14.2. The minimum Gasteiger partial charge on any atom is -0.479 e. The monoisotopic (exact) mass is 688 g/mol. The molecule has 3 amide bonds. The number of carboxylic acids is 1. The summed E-state index contributed by atoms with van der Waals surface area (Å²) in [4.78, 5) is 61.9. The molecule has 260 valence electrons. The van der Waals surface area contributed by atoms with Gasteiger partial charge in [0.05, 0.1) is 17.6 Å². The summed E-state index contributed by atoms with van der Waals surface area (Å²) in [6, 6.07) is 1.67. The molecule has 0 radical (unpaired) electrons. The van der Waals surface area contributed by atoms with Gasteiger partial charge in [-0.05, 0) is 44.7 Å². The molecule has 2 aromatic heterocycles. The average Bonchev–Trinajstić information content (AvgIpc) is 3.32. The number of nitrogens with zero attached hydrogens (tertiary/aromatic N) is 4. The van der Waals surface area contributed by atoms with Crippen molar-refractivity contribution in [2.75, 3.05) is 6.54 Å². The number of ether oxygens (including phenoxy) is 1. The average molecular weight is 689 g/mol. The van der Waals surface area contributed by atoms with Crippen LogP contribution in [-0.4, -0.2) is 79.1 Å². The van der Waals surface area contributed by atoms with Crippen LogP contribution in [0.4, 0.5) is 17.6 Å². The Hall–Kier alpha value is -5.09. The summed E-state index contributed by atoms with van der Waals surface area (Å²) in [6.45, 7) is 1.16. The number of hydrogen-bond donors (Lipinski definition) is 3. The predicted molar refractivity (Wildman–Crippen MR) is 160 cm³/mol. The van der Waals surface area contributed by atoms with E-state index in [-0.39, 0.29) is 36.0 Å². The zero-order valence-corrected chi connectivity index (χ0v) is 26.1. The van der Waals surface area contributed by atoms with Crippen LogP contribution < -0.4 is 15.4 Å². The van der Waals surface area contributed by atoms with Gasteiger partial charge in [0.25, 0.3) is 5.91 Å². The van der Waals surface area contributed by atoms with E-state index in [9.17, 15) is 41.8 Å². The van der Waals surface area contributed by atoms with Gasteiger partial charge in [0, 0.05) is 24.5 Å². The minimum absolute atomic E-state index is 0.0857.